The summed E-state index contributed by atoms with van der Waals surface area (Å²) in [5.74, 6) is 1.28. The maximum atomic E-state index is 9.28. The van der Waals surface area contributed by atoms with Gasteiger partial charge >= 0.3 is 0 Å². The average Bonchev–Trinajstić information content (AvgIpc) is 3.06. The van der Waals surface area contributed by atoms with Gasteiger partial charge in [0.2, 0.25) is 0 Å². The second-order valence-corrected chi connectivity index (χ2v) is 7.15. The topological polar surface area (TPSA) is 83.8 Å². The van der Waals surface area contributed by atoms with Gasteiger partial charge < -0.3 is 10.4 Å². The zero-order valence-corrected chi connectivity index (χ0v) is 15.5. The van der Waals surface area contributed by atoms with Gasteiger partial charge in [0, 0.05) is 18.0 Å². The molecule has 0 saturated heterocycles. The van der Waals surface area contributed by atoms with Crippen molar-refractivity contribution in [3.8, 4) is 10.6 Å². The van der Waals surface area contributed by atoms with Gasteiger partial charge in [-0.1, -0.05) is 23.2 Å². The molecule has 3 heterocycles. The fraction of sp³-hybridized carbons (Fsp3) is 0.0588. The standard InChI is InChI=1S/C17H11Cl2N5OS/c18-10-5-9(7-25)6-11(19)14(10)17-23-12-1-4-21-16(15(12)26-17)24-13-2-3-20-8-22-13/h1-6,8,25H,7H2,(H,20,21,22,24). The summed E-state index contributed by atoms with van der Waals surface area (Å²) < 4.78 is 0.861. The molecule has 0 unspecified atom stereocenters. The minimum absolute atomic E-state index is 0.128. The molecule has 0 bridgehead atoms. The third-order valence-corrected chi connectivity index (χ3v) is 5.32. The van der Waals surface area contributed by atoms with Gasteiger partial charge in [-0.05, 0) is 29.8 Å². The SMILES string of the molecule is OCc1cc(Cl)c(-c2nc3ccnc(Nc4ccncn4)c3s2)c(Cl)c1. The van der Waals surface area contributed by atoms with Crippen LogP contribution in [0.5, 0.6) is 0 Å². The van der Waals surface area contributed by atoms with E-state index in [2.05, 4.69) is 25.3 Å². The summed E-state index contributed by atoms with van der Waals surface area (Å²) in [6.45, 7) is -0.128. The lowest BCUT2D eigenvalue weighted by atomic mass is 10.1. The lowest BCUT2D eigenvalue weighted by Crippen LogP contribution is -1.95. The van der Waals surface area contributed by atoms with Gasteiger partial charge in [-0.15, -0.1) is 11.3 Å². The van der Waals surface area contributed by atoms with Gasteiger partial charge in [0.05, 0.1) is 26.9 Å². The van der Waals surface area contributed by atoms with E-state index in [9.17, 15) is 5.11 Å². The van der Waals surface area contributed by atoms with Crippen molar-refractivity contribution in [1.82, 2.24) is 19.9 Å². The average molecular weight is 404 g/mol. The summed E-state index contributed by atoms with van der Waals surface area (Å²) in [6, 6.07) is 6.95. The first-order valence-electron chi connectivity index (χ1n) is 7.53. The zero-order valence-electron chi connectivity index (χ0n) is 13.1. The first kappa shape index (κ1) is 17.1. The molecule has 0 spiro atoms. The van der Waals surface area contributed by atoms with Gasteiger partial charge in [-0.2, -0.15) is 0 Å². The van der Waals surface area contributed by atoms with Crippen molar-refractivity contribution >= 4 is 56.4 Å². The Kier molecular flexibility index (Phi) is 4.69. The van der Waals surface area contributed by atoms with Crippen LogP contribution in [-0.2, 0) is 6.61 Å². The first-order valence-corrected chi connectivity index (χ1v) is 9.10. The van der Waals surface area contributed by atoms with E-state index in [0.29, 0.717) is 37.8 Å². The van der Waals surface area contributed by atoms with Crippen molar-refractivity contribution in [3.63, 3.8) is 0 Å². The second kappa shape index (κ2) is 7.13. The fourth-order valence-corrected chi connectivity index (χ4v) is 4.36. The number of hydrogen-bond acceptors (Lipinski definition) is 7. The van der Waals surface area contributed by atoms with Crippen molar-refractivity contribution < 1.29 is 5.11 Å². The third-order valence-electron chi connectivity index (χ3n) is 3.63. The lowest BCUT2D eigenvalue weighted by Gasteiger charge is -2.06. The normalized spacial score (nSPS) is 11.0. The number of benzene rings is 1. The van der Waals surface area contributed by atoms with Crippen molar-refractivity contribution in [2.75, 3.05) is 5.32 Å². The molecule has 4 rings (SSSR count). The van der Waals surface area contributed by atoms with Gasteiger partial charge in [-0.25, -0.2) is 19.9 Å². The van der Waals surface area contributed by atoms with Gasteiger partial charge in [0.25, 0.3) is 0 Å². The van der Waals surface area contributed by atoms with E-state index in [-0.39, 0.29) is 6.61 Å². The molecule has 0 amide bonds. The zero-order chi connectivity index (χ0) is 18.1. The molecular formula is C17H11Cl2N5OS. The predicted octanol–water partition coefficient (Wildman–Crippen LogP) is 4.69. The number of rotatable bonds is 4. The number of nitrogens with zero attached hydrogens (tertiary/aromatic N) is 4. The molecule has 0 fully saturated rings. The minimum atomic E-state index is -0.128. The predicted molar refractivity (Wildman–Crippen MR) is 104 cm³/mol. The fourth-order valence-electron chi connectivity index (χ4n) is 2.46. The molecule has 130 valence electrons. The van der Waals surface area contributed by atoms with E-state index in [1.807, 2.05) is 6.07 Å². The van der Waals surface area contributed by atoms with Crippen molar-refractivity contribution in [3.05, 3.63) is 58.6 Å². The first-order chi connectivity index (χ1) is 12.7. The molecule has 2 N–H and O–H groups in total. The Morgan fingerprint density at radius 1 is 1.08 bits per heavy atom. The van der Waals surface area contributed by atoms with Crippen LogP contribution in [0.3, 0.4) is 0 Å². The summed E-state index contributed by atoms with van der Waals surface area (Å²) in [4.78, 5) is 17.1. The highest BCUT2D eigenvalue weighted by Crippen LogP contribution is 2.41. The van der Waals surface area contributed by atoms with Crippen LogP contribution in [0, 0.1) is 0 Å². The molecule has 0 saturated carbocycles. The molecule has 0 aliphatic rings. The smallest absolute Gasteiger partial charge is 0.151 e. The largest absolute Gasteiger partial charge is 0.392 e. The Balaban J connectivity index is 1.81. The molecule has 1 aromatic carbocycles. The number of pyridine rings is 1. The van der Waals surface area contributed by atoms with Crippen LogP contribution in [0.2, 0.25) is 10.0 Å². The van der Waals surface area contributed by atoms with E-state index < -0.39 is 0 Å². The number of thiazole rings is 1. The van der Waals surface area contributed by atoms with Crippen LogP contribution in [-0.4, -0.2) is 25.0 Å². The van der Waals surface area contributed by atoms with Crippen LogP contribution in [0.1, 0.15) is 5.56 Å². The lowest BCUT2D eigenvalue weighted by molar-refractivity contribution is 0.282. The summed E-state index contributed by atoms with van der Waals surface area (Å²) in [7, 11) is 0. The quantitative estimate of drug-likeness (QED) is 0.513. The maximum Gasteiger partial charge on any atom is 0.151 e. The third kappa shape index (κ3) is 3.22. The molecule has 6 nitrogen and oxygen atoms in total. The molecule has 3 aromatic heterocycles. The van der Waals surface area contributed by atoms with E-state index in [1.54, 1.807) is 30.6 Å². The number of anilines is 2. The Morgan fingerprint density at radius 2 is 1.88 bits per heavy atom. The van der Waals surface area contributed by atoms with Crippen molar-refractivity contribution in [2.24, 2.45) is 0 Å². The number of hydrogen-bond donors (Lipinski definition) is 2. The second-order valence-electron chi connectivity index (χ2n) is 5.34. The Morgan fingerprint density at radius 3 is 2.58 bits per heavy atom. The Hall–Kier alpha value is -2.32. The van der Waals surface area contributed by atoms with Gasteiger partial charge in [-0.3, -0.25) is 0 Å². The van der Waals surface area contributed by atoms with Crippen LogP contribution < -0.4 is 5.32 Å². The van der Waals surface area contributed by atoms with Crippen molar-refractivity contribution in [1.29, 1.82) is 0 Å². The molecule has 0 radical (unpaired) electrons. The minimum Gasteiger partial charge on any atom is -0.392 e. The molecule has 0 aliphatic carbocycles. The number of fused-ring (bicyclic) bond motifs is 1. The number of nitrogens with one attached hydrogen (secondary N) is 1. The maximum absolute atomic E-state index is 9.28. The number of aromatic nitrogens is 4. The number of aliphatic hydroxyl groups excluding tert-OH is 1. The highest BCUT2D eigenvalue weighted by molar-refractivity contribution is 7.22. The molecular weight excluding hydrogens is 393 g/mol. The summed E-state index contributed by atoms with van der Waals surface area (Å²) in [5.41, 5.74) is 2.06. The Bertz CT molecular complexity index is 1060. The van der Waals surface area contributed by atoms with Crippen molar-refractivity contribution in [2.45, 2.75) is 6.61 Å². The highest BCUT2D eigenvalue weighted by Gasteiger charge is 2.17. The van der Waals surface area contributed by atoms with Crippen LogP contribution in [0.4, 0.5) is 11.6 Å². The molecule has 4 aromatic rings. The Labute approximate surface area is 162 Å². The van der Waals surface area contributed by atoms with Crippen LogP contribution in [0.25, 0.3) is 20.8 Å². The van der Waals surface area contributed by atoms with Crippen LogP contribution in [0.15, 0.2) is 43.0 Å². The van der Waals surface area contributed by atoms with Gasteiger partial charge in [0.1, 0.15) is 17.2 Å². The molecule has 0 aliphatic heterocycles. The van der Waals surface area contributed by atoms with E-state index in [0.717, 1.165) is 10.2 Å². The molecule has 26 heavy (non-hydrogen) atoms. The van der Waals surface area contributed by atoms with Crippen LogP contribution >= 0.6 is 34.5 Å². The molecule has 0 atom stereocenters. The summed E-state index contributed by atoms with van der Waals surface area (Å²) in [5, 5.41) is 14.0. The van der Waals surface area contributed by atoms with Gasteiger partial charge in [0.15, 0.2) is 5.82 Å². The number of aliphatic hydroxyl groups is 1. The van der Waals surface area contributed by atoms with E-state index in [1.165, 1.54) is 17.7 Å². The van der Waals surface area contributed by atoms with E-state index >= 15 is 0 Å². The number of halogens is 2. The monoisotopic (exact) mass is 403 g/mol. The van der Waals surface area contributed by atoms with E-state index in [4.69, 9.17) is 23.2 Å². The summed E-state index contributed by atoms with van der Waals surface area (Å²) >= 11 is 14.2. The summed E-state index contributed by atoms with van der Waals surface area (Å²) in [6.07, 6.45) is 4.78. The highest BCUT2D eigenvalue weighted by atomic mass is 35.5. The molecule has 9 heteroatoms.